The summed E-state index contributed by atoms with van der Waals surface area (Å²) in [4.78, 5) is 24.7. The van der Waals surface area contributed by atoms with Gasteiger partial charge in [0.1, 0.15) is 28.2 Å². The van der Waals surface area contributed by atoms with E-state index in [9.17, 15) is 14.9 Å². The van der Waals surface area contributed by atoms with E-state index >= 15 is 0 Å². The maximum atomic E-state index is 12.6. The zero-order valence-corrected chi connectivity index (χ0v) is 17.7. The van der Waals surface area contributed by atoms with E-state index in [0.29, 0.717) is 27.1 Å². The standard InChI is InChI=1S/C22H17ClN2O4S/c1-13(2)28-22(27)17-9-10-30-21(17)25-20(26)14(12-24)11-15-7-8-19(29-15)16-5-3-4-6-18(16)23/h3-11,13H,1-2H3,(H,25,26). The lowest BCUT2D eigenvalue weighted by Gasteiger charge is -2.09. The number of anilines is 1. The van der Waals surface area contributed by atoms with Crippen LogP contribution in [0.4, 0.5) is 5.00 Å². The van der Waals surface area contributed by atoms with Crippen molar-refractivity contribution in [3.8, 4) is 17.4 Å². The molecule has 0 bridgehead atoms. The Morgan fingerprint density at radius 3 is 2.70 bits per heavy atom. The molecule has 0 saturated carbocycles. The van der Waals surface area contributed by atoms with Crippen molar-refractivity contribution in [3.05, 3.63) is 69.8 Å². The summed E-state index contributed by atoms with van der Waals surface area (Å²) in [6.07, 6.45) is 1.04. The number of ether oxygens (including phenoxy) is 1. The smallest absolute Gasteiger partial charge is 0.341 e. The van der Waals surface area contributed by atoms with Gasteiger partial charge in [0.2, 0.25) is 0 Å². The van der Waals surface area contributed by atoms with Crippen molar-refractivity contribution in [1.29, 1.82) is 5.26 Å². The van der Waals surface area contributed by atoms with Crippen LogP contribution in [0.5, 0.6) is 0 Å². The van der Waals surface area contributed by atoms with Gasteiger partial charge in [0.15, 0.2) is 0 Å². The average Bonchev–Trinajstić information content (AvgIpc) is 3.35. The van der Waals surface area contributed by atoms with Gasteiger partial charge in [-0.25, -0.2) is 4.79 Å². The van der Waals surface area contributed by atoms with Gasteiger partial charge in [0, 0.05) is 11.6 Å². The fourth-order valence-electron chi connectivity index (χ4n) is 2.54. The summed E-state index contributed by atoms with van der Waals surface area (Å²) in [7, 11) is 0. The largest absolute Gasteiger partial charge is 0.459 e. The Labute approximate surface area is 182 Å². The van der Waals surface area contributed by atoms with Crippen LogP contribution < -0.4 is 5.32 Å². The van der Waals surface area contributed by atoms with E-state index in [0.717, 1.165) is 11.3 Å². The highest BCUT2D eigenvalue weighted by molar-refractivity contribution is 7.14. The maximum Gasteiger partial charge on any atom is 0.341 e. The number of benzene rings is 1. The predicted molar refractivity (Wildman–Crippen MR) is 116 cm³/mol. The second-order valence-electron chi connectivity index (χ2n) is 6.42. The zero-order chi connectivity index (χ0) is 21.7. The topological polar surface area (TPSA) is 92.3 Å². The van der Waals surface area contributed by atoms with Gasteiger partial charge in [-0.15, -0.1) is 11.3 Å². The van der Waals surface area contributed by atoms with E-state index in [2.05, 4.69) is 5.32 Å². The molecular weight excluding hydrogens is 424 g/mol. The van der Waals surface area contributed by atoms with Crippen molar-refractivity contribution in [2.75, 3.05) is 5.32 Å². The number of rotatable bonds is 6. The van der Waals surface area contributed by atoms with Gasteiger partial charge in [-0.2, -0.15) is 5.26 Å². The Hall–Kier alpha value is -3.34. The number of furan rings is 1. The number of amides is 1. The number of hydrogen-bond acceptors (Lipinski definition) is 6. The van der Waals surface area contributed by atoms with Crippen molar-refractivity contribution in [2.24, 2.45) is 0 Å². The summed E-state index contributed by atoms with van der Waals surface area (Å²) in [6, 6.07) is 13.9. The number of nitrogens with one attached hydrogen (secondary N) is 1. The first kappa shape index (κ1) is 21.4. The summed E-state index contributed by atoms with van der Waals surface area (Å²) in [5, 5.41) is 14.5. The molecule has 6 nitrogen and oxygen atoms in total. The molecule has 1 aromatic carbocycles. The lowest BCUT2D eigenvalue weighted by atomic mass is 10.2. The van der Waals surface area contributed by atoms with Crippen LogP contribution in [0, 0.1) is 11.3 Å². The van der Waals surface area contributed by atoms with Crippen molar-refractivity contribution >= 4 is 45.9 Å². The highest BCUT2D eigenvalue weighted by atomic mass is 35.5. The Morgan fingerprint density at radius 1 is 1.23 bits per heavy atom. The molecule has 152 valence electrons. The summed E-state index contributed by atoms with van der Waals surface area (Å²) in [5.41, 5.74) is 0.763. The van der Waals surface area contributed by atoms with E-state index in [-0.39, 0.29) is 17.2 Å². The predicted octanol–water partition coefficient (Wildman–Crippen LogP) is 5.77. The molecule has 0 fully saturated rings. The molecule has 2 aromatic heterocycles. The Balaban J connectivity index is 1.79. The molecule has 1 amide bonds. The fourth-order valence-corrected chi connectivity index (χ4v) is 3.54. The van der Waals surface area contributed by atoms with Gasteiger partial charge in [0.25, 0.3) is 5.91 Å². The minimum Gasteiger partial charge on any atom is -0.459 e. The lowest BCUT2D eigenvalue weighted by molar-refractivity contribution is -0.112. The molecule has 1 N–H and O–H groups in total. The fraction of sp³-hybridized carbons (Fsp3) is 0.136. The van der Waals surface area contributed by atoms with Gasteiger partial charge in [-0.1, -0.05) is 23.7 Å². The number of carbonyl (C=O) groups excluding carboxylic acids is 2. The van der Waals surface area contributed by atoms with E-state index in [1.807, 2.05) is 18.2 Å². The Kier molecular flexibility index (Phi) is 6.72. The third-order valence-corrected chi connectivity index (χ3v) is 5.03. The van der Waals surface area contributed by atoms with Gasteiger partial charge >= 0.3 is 5.97 Å². The van der Waals surface area contributed by atoms with Crippen molar-refractivity contribution in [2.45, 2.75) is 20.0 Å². The molecule has 3 aromatic rings. The number of hydrogen-bond donors (Lipinski definition) is 1. The molecule has 8 heteroatoms. The van der Waals surface area contributed by atoms with E-state index in [1.54, 1.807) is 49.6 Å². The van der Waals surface area contributed by atoms with Crippen LogP contribution in [0.1, 0.15) is 30.0 Å². The summed E-state index contributed by atoms with van der Waals surface area (Å²) < 4.78 is 10.9. The molecule has 3 rings (SSSR count). The molecule has 0 aliphatic rings. The molecule has 30 heavy (non-hydrogen) atoms. The normalized spacial score (nSPS) is 11.2. The first-order chi connectivity index (χ1) is 14.4. The number of nitriles is 1. The Morgan fingerprint density at radius 2 is 2.00 bits per heavy atom. The monoisotopic (exact) mass is 440 g/mol. The molecule has 2 heterocycles. The number of halogens is 1. The number of esters is 1. The third-order valence-electron chi connectivity index (χ3n) is 3.87. The summed E-state index contributed by atoms with van der Waals surface area (Å²) in [5.74, 6) is -0.363. The highest BCUT2D eigenvalue weighted by Gasteiger charge is 2.19. The minimum absolute atomic E-state index is 0.174. The molecular formula is C22H17ClN2O4S. The van der Waals surface area contributed by atoms with Crippen LogP contribution in [-0.4, -0.2) is 18.0 Å². The van der Waals surface area contributed by atoms with E-state index < -0.39 is 11.9 Å². The van der Waals surface area contributed by atoms with E-state index in [1.165, 1.54) is 6.08 Å². The summed E-state index contributed by atoms with van der Waals surface area (Å²) >= 11 is 7.34. The molecule has 0 saturated heterocycles. The molecule has 0 aliphatic carbocycles. The third kappa shape index (κ3) is 4.98. The molecule has 0 radical (unpaired) electrons. The SMILES string of the molecule is CC(C)OC(=O)c1ccsc1NC(=O)C(C#N)=Cc1ccc(-c2ccccc2Cl)o1. The van der Waals surface area contributed by atoms with Gasteiger partial charge in [-0.3, -0.25) is 4.79 Å². The van der Waals surface area contributed by atoms with Gasteiger partial charge in [0.05, 0.1) is 16.7 Å². The van der Waals surface area contributed by atoms with Crippen LogP contribution >= 0.6 is 22.9 Å². The van der Waals surface area contributed by atoms with Gasteiger partial charge in [-0.05, 0) is 49.6 Å². The highest BCUT2D eigenvalue weighted by Crippen LogP contribution is 2.30. The van der Waals surface area contributed by atoms with Crippen molar-refractivity contribution in [1.82, 2.24) is 0 Å². The molecule has 0 spiro atoms. The second-order valence-corrected chi connectivity index (χ2v) is 7.75. The number of thiophene rings is 1. The quantitative estimate of drug-likeness (QED) is 0.298. The Bertz CT molecular complexity index is 1150. The average molecular weight is 441 g/mol. The van der Waals surface area contributed by atoms with Crippen LogP contribution in [0.2, 0.25) is 5.02 Å². The van der Waals surface area contributed by atoms with Crippen LogP contribution in [-0.2, 0) is 9.53 Å². The molecule has 0 aliphatic heterocycles. The first-order valence-electron chi connectivity index (χ1n) is 8.95. The first-order valence-corrected chi connectivity index (χ1v) is 10.2. The van der Waals surface area contributed by atoms with Crippen LogP contribution in [0.25, 0.3) is 17.4 Å². The molecule has 0 atom stereocenters. The summed E-state index contributed by atoms with van der Waals surface area (Å²) in [6.45, 7) is 3.47. The van der Waals surface area contributed by atoms with Gasteiger partial charge < -0.3 is 14.5 Å². The van der Waals surface area contributed by atoms with Crippen LogP contribution in [0.3, 0.4) is 0 Å². The van der Waals surface area contributed by atoms with Crippen molar-refractivity contribution in [3.63, 3.8) is 0 Å². The number of carbonyl (C=O) groups is 2. The van der Waals surface area contributed by atoms with Crippen LogP contribution in [0.15, 0.2) is 57.8 Å². The molecule has 0 unspecified atom stereocenters. The second kappa shape index (κ2) is 9.44. The minimum atomic E-state index is -0.658. The maximum absolute atomic E-state index is 12.6. The van der Waals surface area contributed by atoms with E-state index in [4.69, 9.17) is 20.8 Å². The zero-order valence-electron chi connectivity index (χ0n) is 16.1. The lowest BCUT2D eigenvalue weighted by Crippen LogP contribution is -2.16. The van der Waals surface area contributed by atoms with Crippen molar-refractivity contribution < 1.29 is 18.7 Å². The number of nitrogens with zero attached hydrogens (tertiary/aromatic N) is 1.